The van der Waals surface area contributed by atoms with E-state index >= 15 is 0 Å². The van der Waals surface area contributed by atoms with E-state index in [2.05, 4.69) is 12.2 Å². The first-order chi connectivity index (χ1) is 8.97. The number of β-amino-alcohol motifs (C(OH)–C–C–N with tert-alkyl or cyclic N) is 1. The maximum Gasteiger partial charge on any atom is 0.326 e. The van der Waals surface area contributed by atoms with E-state index in [0.717, 1.165) is 19.3 Å². The third kappa shape index (κ3) is 3.37. The Morgan fingerprint density at radius 2 is 2.00 bits per heavy atom. The van der Waals surface area contributed by atoms with Gasteiger partial charge in [-0.2, -0.15) is 0 Å². The van der Waals surface area contributed by atoms with Gasteiger partial charge >= 0.3 is 12.0 Å². The number of aliphatic hydroxyl groups excluding tert-OH is 1. The van der Waals surface area contributed by atoms with Crippen molar-refractivity contribution in [2.75, 3.05) is 6.54 Å². The van der Waals surface area contributed by atoms with E-state index in [1.54, 1.807) is 0 Å². The molecule has 2 aliphatic rings. The molecule has 0 aromatic carbocycles. The number of carboxylic acids is 1. The number of likely N-dealkylation sites (tertiary alicyclic amines) is 1. The Kier molecular flexibility index (Phi) is 4.29. The fraction of sp³-hybridized carbons (Fsp3) is 0.846. The van der Waals surface area contributed by atoms with Crippen LogP contribution in [0, 0.1) is 5.92 Å². The number of carboxylic acid groups (broad SMARTS) is 1. The van der Waals surface area contributed by atoms with Crippen LogP contribution in [0.1, 0.15) is 39.0 Å². The zero-order chi connectivity index (χ0) is 14.0. The second-order valence-electron chi connectivity index (χ2n) is 5.81. The van der Waals surface area contributed by atoms with Gasteiger partial charge in [0.1, 0.15) is 6.04 Å². The molecule has 19 heavy (non-hydrogen) atoms. The highest BCUT2D eigenvalue weighted by atomic mass is 16.4. The van der Waals surface area contributed by atoms with Gasteiger partial charge in [-0.15, -0.1) is 0 Å². The minimum absolute atomic E-state index is 0.102. The summed E-state index contributed by atoms with van der Waals surface area (Å²) in [4.78, 5) is 24.4. The minimum Gasteiger partial charge on any atom is -0.480 e. The van der Waals surface area contributed by atoms with Crippen molar-refractivity contribution < 1.29 is 19.8 Å². The highest BCUT2D eigenvalue weighted by Gasteiger charge is 2.39. The molecule has 4 atom stereocenters. The molecule has 1 aliphatic carbocycles. The van der Waals surface area contributed by atoms with Gasteiger partial charge in [0.2, 0.25) is 0 Å². The van der Waals surface area contributed by atoms with Crippen LogP contribution in [-0.4, -0.2) is 51.8 Å². The monoisotopic (exact) mass is 270 g/mol. The molecule has 2 fully saturated rings. The molecule has 2 amide bonds. The number of carbonyl (C=O) groups is 2. The van der Waals surface area contributed by atoms with Crippen LogP contribution in [0.2, 0.25) is 0 Å². The molecule has 0 aromatic heterocycles. The van der Waals surface area contributed by atoms with Crippen LogP contribution in [0.25, 0.3) is 0 Å². The summed E-state index contributed by atoms with van der Waals surface area (Å²) in [6, 6.07) is -1.14. The van der Waals surface area contributed by atoms with Crippen LogP contribution in [0.5, 0.6) is 0 Å². The third-order valence-corrected chi connectivity index (χ3v) is 4.09. The van der Waals surface area contributed by atoms with E-state index in [0.29, 0.717) is 5.92 Å². The maximum absolute atomic E-state index is 12.1. The van der Waals surface area contributed by atoms with Crippen LogP contribution in [0.15, 0.2) is 0 Å². The van der Waals surface area contributed by atoms with Crippen LogP contribution in [-0.2, 0) is 4.79 Å². The average molecular weight is 270 g/mol. The molecule has 6 heteroatoms. The number of nitrogens with one attached hydrogen (secondary N) is 1. The SMILES string of the molecule is CC1CCCC(NC(=O)N2C[C@H](O)C[C@@H]2C(=O)O)C1. The number of nitrogens with zero attached hydrogens (tertiary/aromatic N) is 1. The van der Waals surface area contributed by atoms with E-state index in [-0.39, 0.29) is 25.0 Å². The summed E-state index contributed by atoms with van der Waals surface area (Å²) in [5.41, 5.74) is 0. The number of hydrogen-bond donors (Lipinski definition) is 3. The van der Waals surface area contributed by atoms with Crippen molar-refractivity contribution in [3.05, 3.63) is 0 Å². The van der Waals surface area contributed by atoms with Crippen molar-refractivity contribution in [1.29, 1.82) is 0 Å². The van der Waals surface area contributed by atoms with Crippen molar-refractivity contribution >= 4 is 12.0 Å². The first kappa shape index (κ1) is 14.1. The highest BCUT2D eigenvalue weighted by Crippen LogP contribution is 2.24. The molecule has 0 bridgehead atoms. The Hall–Kier alpha value is -1.30. The van der Waals surface area contributed by atoms with Crippen molar-refractivity contribution in [2.45, 2.75) is 57.2 Å². The summed E-state index contributed by atoms with van der Waals surface area (Å²) in [7, 11) is 0. The zero-order valence-corrected chi connectivity index (χ0v) is 11.2. The summed E-state index contributed by atoms with van der Waals surface area (Å²) in [5.74, 6) is -0.456. The zero-order valence-electron chi connectivity index (χ0n) is 11.2. The van der Waals surface area contributed by atoms with Gasteiger partial charge in [0.25, 0.3) is 0 Å². The van der Waals surface area contributed by atoms with Crippen LogP contribution < -0.4 is 5.32 Å². The van der Waals surface area contributed by atoms with Gasteiger partial charge in [0.05, 0.1) is 6.10 Å². The van der Waals surface area contributed by atoms with E-state index in [1.165, 1.54) is 11.3 Å². The predicted molar refractivity (Wildman–Crippen MR) is 68.7 cm³/mol. The number of hydrogen-bond acceptors (Lipinski definition) is 3. The summed E-state index contributed by atoms with van der Waals surface area (Å²) >= 11 is 0. The number of aliphatic carboxylic acids is 1. The van der Waals surface area contributed by atoms with E-state index < -0.39 is 18.1 Å². The largest absolute Gasteiger partial charge is 0.480 e. The summed E-state index contributed by atoms with van der Waals surface area (Å²) < 4.78 is 0. The van der Waals surface area contributed by atoms with Crippen molar-refractivity contribution in [1.82, 2.24) is 10.2 Å². The van der Waals surface area contributed by atoms with Crippen LogP contribution in [0.4, 0.5) is 4.79 Å². The number of rotatable bonds is 2. The molecule has 1 saturated carbocycles. The molecule has 1 aliphatic heterocycles. The Morgan fingerprint density at radius 1 is 1.26 bits per heavy atom. The molecule has 0 spiro atoms. The molecular weight excluding hydrogens is 248 g/mol. The van der Waals surface area contributed by atoms with Gasteiger partial charge in [0.15, 0.2) is 0 Å². The molecule has 1 saturated heterocycles. The molecular formula is C13H22N2O4. The fourth-order valence-corrected chi connectivity index (χ4v) is 3.10. The number of amides is 2. The lowest BCUT2D eigenvalue weighted by Gasteiger charge is -2.30. The predicted octanol–water partition coefficient (Wildman–Crippen LogP) is 0.794. The molecule has 108 valence electrons. The van der Waals surface area contributed by atoms with Crippen molar-refractivity contribution in [3.8, 4) is 0 Å². The summed E-state index contributed by atoms with van der Waals surface area (Å²) in [5, 5.41) is 21.5. The Bertz CT molecular complexity index is 361. The number of urea groups is 1. The average Bonchev–Trinajstić information content (AvgIpc) is 2.71. The van der Waals surface area contributed by atoms with Gasteiger partial charge < -0.3 is 20.4 Å². The third-order valence-electron chi connectivity index (χ3n) is 4.09. The van der Waals surface area contributed by atoms with Gasteiger partial charge in [-0.05, 0) is 18.8 Å². The van der Waals surface area contributed by atoms with E-state index in [9.17, 15) is 14.7 Å². The van der Waals surface area contributed by atoms with E-state index in [1.807, 2.05) is 0 Å². The lowest BCUT2D eigenvalue weighted by Crippen LogP contribution is -2.50. The molecule has 6 nitrogen and oxygen atoms in total. The topological polar surface area (TPSA) is 89.9 Å². The number of aliphatic hydroxyl groups is 1. The Morgan fingerprint density at radius 3 is 2.63 bits per heavy atom. The lowest BCUT2D eigenvalue weighted by molar-refractivity contribution is -0.141. The Labute approximate surface area is 112 Å². The normalized spacial score (nSPS) is 35.2. The van der Waals surface area contributed by atoms with Crippen molar-refractivity contribution in [3.63, 3.8) is 0 Å². The minimum atomic E-state index is -1.05. The maximum atomic E-state index is 12.1. The summed E-state index contributed by atoms with van der Waals surface area (Å²) in [6.07, 6.45) is 3.55. The molecule has 2 unspecified atom stereocenters. The Balaban J connectivity index is 1.93. The van der Waals surface area contributed by atoms with Gasteiger partial charge in [-0.1, -0.05) is 19.8 Å². The van der Waals surface area contributed by atoms with Crippen molar-refractivity contribution in [2.24, 2.45) is 5.92 Å². The molecule has 1 heterocycles. The second-order valence-corrected chi connectivity index (χ2v) is 5.81. The molecule has 0 radical (unpaired) electrons. The quantitative estimate of drug-likeness (QED) is 0.692. The van der Waals surface area contributed by atoms with Gasteiger partial charge in [0, 0.05) is 19.0 Å². The van der Waals surface area contributed by atoms with Gasteiger partial charge in [-0.25, -0.2) is 9.59 Å². The molecule has 2 rings (SSSR count). The first-order valence-corrected chi connectivity index (χ1v) is 6.95. The summed E-state index contributed by atoms with van der Waals surface area (Å²) in [6.45, 7) is 2.27. The smallest absolute Gasteiger partial charge is 0.326 e. The second kappa shape index (κ2) is 5.77. The van der Waals surface area contributed by atoms with E-state index in [4.69, 9.17) is 5.11 Å². The highest BCUT2D eigenvalue weighted by molar-refractivity contribution is 5.83. The standard InChI is InChI=1S/C13H22N2O4/c1-8-3-2-4-9(5-8)14-13(19)15-7-10(16)6-11(15)12(17)18/h8-11,16H,2-7H2,1H3,(H,14,19)(H,17,18)/t8?,9?,10-,11-/m1/s1. The fourth-order valence-electron chi connectivity index (χ4n) is 3.10. The van der Waals surface area contributed by atoms with Crippen LogP contribution >= 0.6 is 0 Å². The van der Waals surface area contributed by atoms with Gasteiger partial charge in [-0.3, -0.25) is 0 Å². The molecule has 3 N–H and O–H groups in total. The molecule has 0 aromatic rings. The lowest BCUT2D eigenvalue weighted by atomic mass is 9.87. The number of carbonyl (C=O) groups excluding carboxylic acids is 1. The first-order valence-electron chi connectivity index (χ1n) is 6.95. The van der Waals surface area contributed by atoms with Crippen LogP contribution in [0.3, 0.4) is 0 Å².